The lowest BCUT2D eigenvalue weighted by atomic mass is 10.2. The number of aromatic nitrogens is 2. The average molecular weight is 343 g/mol. The number of esters is 1. The Morgan fingerprint density at radius 3 is 2.56 bits per heavy atom. The molecule has 1 aliphatic heterocycles. The van der Waals surface area contributed by atoms with Crippen molar-refractivity contribution in [2.75, 3.05) is 19.7 Å². The van der Waals surface area contributed by atoms with Crippen LogP contribution in [0.1, 0.15) is 25.7 Å². The first-order valence-electron chi connectivity index (χ1n) is 8.53. The maximum absolute atomic E-state index is 12.2. The fraction of sp³-hybridized carbons (Fsp3) is 0.444. The van der Waals surface area contributed by atoms with E-state index in [1.165, 1.54) is 10.8 Å². The first-order chi connectivity index (χ1) is 12.1. The monoisotopic (exact) mass is 343 g/mol. The normalized spacial score (nSPS) is 15.0. The number of para-hydroxylation sites is 2. The second-order valence-corrected chi connectivity index (χ2v) is 6.13. The molecule has 132 valence electrons. The molecule has 0 unspecified atom stereocenters. The van der Waals surface area contributed by atoms with Gasteiger partial charge in [-0.05, 0) is 25.0 Å². The van der Waals surface area contributed by atoms with Crippen LogP contribution in [0.15, 0.2) is 35.3 Å². The van der Waals surface area contributed by atoms with E-state index in [9.17, 15) is 14.4 Å². The minimum absolute atomic E-state index is 0.179. The van der Waals surface area contributed by atoms with E-state index in [4.69, 9.17) is 4.74 Å². The van der Waals surface area contributed by atoms with Crippen molar-refractivity contribution in [3.63, 3.8) is 0 Å². The second-order valence-electron chi connectivity index (χ2n) is 6.13. The molecular formula is C18H21N3O4. The summed E-state index contributed by atoms with van der Waals surface area (Å²) in [6, 6.07) is 7.06. The molecule has 0 aliphatic carbocycles. The van der Waals surface area contributed by atoms with Crippen molar-refractivity contribution in [2.45, 2.75) is 32.2 Å². The van der Waals surface area contributed by atoms with Crippen LogP contribution in [0.25, 0.3) is 11.0 Å². The molecule has 1 aromatic carbocycles. The minimum atomic E-state index is -0.610. The van der Waals surface area contributed by atoms with Gasteiger partial charge < -0.3 is 9.64 Å². The molecule has 1 aliphatic rings. The van der Waals surface area contributed by atoms with Crippen molar-refractivity contribution in [3.05, 3.63) is 40.8 Å². The van der Waals surface area contributed by atoms with Crippen LogP contribution >= 0.6 is 0 Å². The van der Waals surface area contributed by atoms with Gasteiger partial charge in [0.2, 0.25) is 0 Å². The number of carbonyl (C=O) groups is 2. The van der Waals surface area contributed by atoms with Crippen LogP contribution in [0, 0.1) is 0 Å². The van der Waals surface area contributed by atoms with Gasteiger partial charge in [0.25, 0.3) is 11.5 Å². The van der Waals surface area contributed by atoms with Gasteiger partial charge in [-0.15, -0.1) is 0 Å². The Morgan fingerprint density at radius 1 is 1.08 bits per heavy atom. The quantitative estimate of drug-likeness (QED) is 0.783. The van der Waals surface area contributed by atoms with Crippen LogP contribution in [0.4, 0.5) is 0 Å². The van der Waals surface area contributed by atoms with E-state index in [-0.39, 0.29) is 24.6 Å². The molecule has 1 fully saturated rings. The Balaban J connectivity index is 1.62. The zero-order valence-electron chi connectivity index (χ0n) is 14.0. The molecule has 0 bridgehead atoms. The smallest absolute Gasteiger partial charge is 0.326 e. The van der Waals surface area contributed by atoms with Gasteiger partial charge in [-0.1, -0.05) is 25.0 Å². The average Bonchev–Trinajstić information content (AvgIpc) is 2.91. The third kappa shape index (κ3) is 4.23. The number of fused-ring (bicyclic) bond motifs is 1. The molecule has 3 rings (SSSR count). The van der Waals surface area contributed by atoms with E-state index in [0.717, 1.165) is 25.7 Å². The summed E-state index contributed by atoms with van der Waals surface area (Å²) >= 11 is 0. The van der Waals surface area contributed by atoms with Crippen LogP contribution in [0.3, 0.4) is 0 Å². The van der Waals surface area contributed by atoms with Crippen molar-refractivity contribution in [3.8, 4) is 0 Å². The summed E-state index contributed by atoms with van der Waals surface area (Å²) in [4.78, 5) is 42.0. The summed E-state index contributed by atoms with van der Waals surface area (Å²) in [6.07, 6.45) is 5.40. The topological polar surface area (TPSA) is 81.5 Å². The number of hydrogen-bond acceptors (Lipinski definition) is 5. The van der Waals surface area contributed by atoms with Gasteiger partial charge in [-0.2, -0.15) is 0 Å². The second kappa shape index (κ2) is 7.92. The maximum Gasteiger partial charge on any atom is 0.326 e. The third-order valence-corrected chi connectivity index (χ3v) is 4.36. The molecule has 2 heterocycles. The molecule has 2 aromatic rings. The first kappa shape index (κ1) is 17.1. The van der Waals surface area contributed by atoms with Crippen LogP contribution in [-0.2, 0) is 20.9 Å². The van der Waals surface area contributed by atoms with Crippen molar-refractivity contribution < 1.29 is 14.3 Å². The van der Waals surface area contributed by atoms with Crippen LogP contribution < -0.4 is 5.56 Å². The summed E-state index contributed by atoms with van der Waals surface area (Å²) < 4.78 is 6.40. The van der Waals surface area contributed by atoms with Crippen molar-refractivity contribution >= 4 is 22.9 Å². The first-order valence-corrected chi connectivity index (χ1v) is 8.53. The minimum Gasteiger partial charge on any atom is -0.454 e. The zero-order valence-corrected chi connectivity index (χ0v) is 14.0. The number of ether oxygens (including phenoxy) is 1. The summed E-state index contributed by atoms with van der Waals surface area (Å²) in [6.45, 7) is 0.904. The number of benzene rings is 1. The maximum atomic E-state index is 12.2. The van der Waals surface area contributed by atoms with Gasteiger partial charge in [0.1, 0.15) is 6.54 Å². The van der Waals surface area contributed by atoms with E-state index in [2.05, 4.69) is 4.98 Å². The summed E-state index contributed by atoms with van der Waals surface area (Å²) in [5.41, 5.74) is 0.802. The molecule has 1 saturated heterocycles. The number of carbonyl (C=O) groups excluding carboxylic acids is 2. The Labute approximate surface area is 145 Å². The van der Waals surface area contributed by atoms with Gasteiger partial charge >= 0.3 is 5.97 Å². The Kier molecular flexibility index (Phi) is 5.42. The van der Waals surface area contributed by atoms with Crippen molar-refractivity contribution in [1.82, 2.24) is 14.5 Å². The highest BCUT2D eigenvalue weighted by Crippen LogP contribution is 2.10. The Morgan fingerprint density at radius 2 is 1.80 bits per heavy atom. The molecule has 1 aromatic heterocycles. The number of nitrogens with zero attached hydrogens (tertiary/aromatic N) is 3. The van der Waals surface area contributed by atoms with Crippen LogP contribution in [-0.4, -0.2) is 46.0 Å². The highest BCUT2D eigenvalue weighted by Gasteiger charge is 2.17. The Hall–Kier alpha value is -2.70. The highest BCUT2D eigenvalue weighted by atomic mass is 16.5. The van der Waals surface area contributed by atoms with E-state index in [1.54, 1.807) is 23.1 Å². The highest BCUT2D eigenvalue weighted by molar-refractivity contribution is 5.81. The standard InChI is InChI=1S/C18H21N3O4/c22-16-11-19-14-7-3-4-8-15(14)21(16)12-18(24)25-13-17(23)20-9-5-1-2-6-10-20/h3-4,7-8,11H,1-2,5-6,9-10,12-13H2. The lowest BCUT2D eigenvalue weighted by molar-refractivity contribution is -0.152. The molecule has 7 nitrogen and oxygen atoms in total. The van der Waals surface area contributed by atoms with Crippen LogP contribution in [0.5, 0.6) is 0 Å². The predicted octanol–water partition coefficient (Wildman–Crippen LogP) is 1.34. The molecule has 0 N–H and O–H groups in total. The fourth-order valence-corrected chi connectivity index (χ4v) is 3.01. The Bertz CT molecular complexity index is 822. The summed E-state index contributed by atoms with van der Waals surface area (Å²) in [7, 11) is 0. The van der Waals surface area contributed by atoms with Crippen molar-refractivity contribution in [2.24, 2.45) is 0 Å². The molecule has 0 saturated carbocycles. The van der Waals surface area contributed by atoms with Crippen LogP contribution in [0.2, 0.25) is 0 Å². The molecule has 0 radical (unpaired) electrons. The summed E-state index contributed by atoms with van der Waals surface area (Å²) in [5, 5.41) is 0. The predicted molar refractivity (Wildman–Crippen MR) is 92.0 cm³/mol. The van der Waals surface area contributed by atoms with E-state index >= 15 is 0 Å². The van der Waals surface area contributed by atoms with E-state index in [0.29, 0.717) is 24.1 Å². The molecule has 1 amide bonds. The molecule has 0 atom stereocenters. The number of hydrogen-bond donors (Lipinski definition) is 0. The number of likely N-dealkylation sites (tertiary alicyclic amines) is 1. The van der Waals surface area contributed by atoms with Gasteiger partial charge in [0.15, 0.2) is 6.61 Å². The van der Waals surface area contributed by atoms with Gasteiger partial charge in [-0.3, -0.25) is 19.0 Å². The number of amides is 1. The lowest BCUT2D eigenvalue weighted by Crippen LogP contribution is -2.36. The third-order valence-electron chi connectivity index (χ3n) is 4.36. The van der Waals surface area contributed by atoms with Gasteiger partial charge in [-0.25, -0.2) is 4.98 Å². The van der Waals surface area contributed by atoms with E-state index < -0.39 is 5.97 Å². The number of rotatable bonds is 4. The summed E-state index contributed by atoms with van der Waals surface area (Å²) in [5.74, 6) is -0.788. The zero-order chi connectivity index (χ0) is 17.6. The molecule has 0 spiro atoms. The SMILES string of the molecule is O=C(Cn1c(=O)cnc2ccccc21)OCC(=O)N1CCCCCC1. The van der Waals surface area contributed by atoms with E-state index in [1.807, 2.05) is 6.07 Å². The lowest BCUT2D eigenvalue weighted by Gasteiger charge is -2.20. The molecular weight excluding hydrogens is 322 g/mol. The van der Waals surface area contributed by atoms with Crippen molar-refractivity contribution in [1.29, 1.82) is 0 Å². The largest absolute Gasteiger partial charge is 0.454 e. The fourth-order valence-electron chi connectivity index (χ4n) is 3.01. The van der Waals surface area contributed by atoms with Gasteiger partial charge in [0.05, 0.1) is 17.2 Å². The van der Waals surface area contributed by atoms with Gasteiger partial charge in [0, 0.05) is 13.1 Å². The molecule has 7 heteroatoms. The molecule has 25 heavy (non-hydrogen) atoms.